The molecule has 2 atom stereocenters. The fourth-order valence-electron chi connectivity index (χ4n) is 4.01. The standard InChI is InChI=1S/C21H26F2N4O4S/c1-12(2)27-9-7-14(15-4-5-17(22)19(23)20(15)31-3)16(11-27)21(28)26-13-6-8-25-18(10-13)32(24,29)30/h4-6,8,10,12,14,16H,7,9,11H2,1-3H3,(H2,24,29,30)(H,25,26,28)/t14-,16?/m0/s1. The molecule has 0 aliphatic carbocycles. The van der Waals surface area contributed by atoms with Gasteiger partial charge < -0.3 is 15.0 Å². The van der Waals surface area contributed by atoms with E-state index in [1.54, 1.807) is 0 Å². The van der Waals surface area contributed by atoms with Crippen molar-refractivity contribution in [3.63, 3.8) is 0 Å². The van der Waals surface area contributed by atoms with Crippen LogP contribution in [-0.2, 0) is 14.8 Å². The summed E-state index contributed by atoms with van der Waals surface area (Å²) in [6, 6.07) is 5.26. The monoisotopic (exact) mass is 468 g/mol. The summed E-state index contributed by atoms with van der Waals surface area (Å²) in [5, 5.41) is 7.46. The Hall–Kier alpha value is -2.63. The first-order valence-corrected chi connectivity index (χ1v) is 11.6. The number of nitrogens with two attached hydrogens (primary N) is 1. The van der Waals surface area contributed by atoms with Gasteiger partial charge in [0, 0.05) is 42.0 Å². The van der Waals surface area contributed by atoms with Crippen LogP contribution in [0.5, 0.6) is 5.75 Å². The SMILES string of the molecule is COc1c([C@@H]2CCN(C(C)C)CC2C(=O)Nc2ccnc(S(N)(=O)=O)c2)ccc(F)c1F. The molecule has 8 nitrogen and oxygen atoms in total. The number of rotatable bonds is 6. The highest BCUT2D eigenvalue weighted by Crippen LogP contribution is 2.40. The summed E-state index contributed by atoms with van der Waals surface area (Å²) in [4.78, 5) is 19.1. The Morgan fingerprint density at radius 2 is 2.03 bits per heavy atom. The minimum atomic E-state index is -4.04. The van der Waals surface area contributed by atoms with E-state index >= 15 is 0 Å². The summed E-state index contributed by atoms with van der Waals surface area (Å²) in [5.74, 6) is -3.79. The Balaban J connectivity index is 1.96. The van der Waals surface area contributed by atoms with Crippen molar-refractivity contribution < 1.29 is 26.7 Å². The van der Waals surface area contributed by atoms with Crippen molar-refractivity contribution in [1.29, 1.82) is 0 Å². The lowest BCUT2D eigenvalue weighted by atomic mass is 9.79. The lowest BCUT2D eigenvalue weighted by Gasteiger charge is -2.40. The average molecular weight is 469 g/mol. The molecule has 1 aliphatic heterocycles. The molecule has 1 amide bonds. The van der Waals surface area contributed by atoms with Gasteiger partial charge in [0.05, 0.1) is 13.0 Å². The molecule has 0 saturated carbocycles. The van der Waals surface area contributed by atoms with Crippen LogP contribution < -0.4 is 15.2 Å². The molecule has 1 aromatic carbocycles. The topological polar surface area (TPSA) is 115 Å². The molecule has 1 aliphatic rings. The molecule has 1 fully saturated rings. The number of carbonyl (C=O) groups excluding carboxylic acids is 1. The third-order valence-corrected chi connectivity index (χ3v) is 6.50. The molecule has 174 valence electrons. The fraction of sp³-hybridized carbons (Fsp3) is 0.429. The van der Waals surface area contributed by atoms with Gasteiger partial charge in [-0.25, -0.2) is 22.9 Å². The van der Waals surface area contributed by atoms with E-state index < -0.39 is 39.4 Å². The number of methoxy groups -OCH3 is 1. The van der Waals surface area contributed by atoms with Crippen LogP contribution >= 0.6 is 0 Å². The molecule has 2 aromatic rings. The highest BCUT2D eigenvalue weighted by atomic mass is 32.2. The minimum Gasteiger partial charge on any atom is -0.493 e. The maximum absolute atomic E-state index is 14.4. The number of halogens is 2. The fourth-order valence-corrected chi connectivity index (χ4v) is 4.51. The number of sulfonamides is 1. The number of benzene rings is 1. The van der Waals surface area contributed by atoms with Crippen LogP contribution in [0.25, 0.3) is 0 Å². The van der Waals surface area contributed by atoms with Crippen molar-refractivity contribution >= 4 is 21.6 Å². The molecular weight excluding hydrogens is 442 g/mol. The number of carbonyl (C=O) groups is 1. The Kier molecular flexibility index (Phi) is 7.11. The Labute approximate surface area is 185 Å². The number of piperidine rings is 1. The summed E-state index contributed by atoms with van der Waals surface area (Å²) >= 11 is 0. The van der Waals surface area contributed by atoms with E-state index in [2.05, 4.69) is 15.2 Å². The molecule has 3 N–H and O–H groups in total. The zero-order valence-electron chi connectivity index (χ0n) is 18.0. The van der Waals surface area contributed by atoms with Gasteiger partial charge in [-0.2, -0.15) is 4.39 Å². The molecule has 2 heterocycles. The van der Waals surface area contributed by atoms with Crippen LogP contribution in [0.1, 0.15) is 31.7 Å². The lowest BCUT2D eigenvalue weighted by Crippen LogP contribution is -2.47. The van der Waals surface area contributed by atoms with Crippen LogP contribution in [0.2, 0.25) is 0 Å². The number of hydrogen-bond donors (Lipinski definition) is 2. The summed E-state index contributed by atoms with van der Waals surface area (Å²) in [5.41, 5.74) is 0.626. The number of ether oxygens (including phenoxy) is 1. The molecular formula is C21H26F2N4O4S. The van der Waals surface area contributed by atoms with Gasteiger partial charge >= 0.3 is 0 Å². The maximum Gasteiger partial charge on any atom is 0.255 e. The molecule has 0 radical (unpaired) electrons. The van der Waals surface area contributed by atoms with E-state index in [1.165, 1.54) is 31.5 Å². The van der Waals surface area contributed by atoms with Crippen LogP contribution in [0.4, 0.5) is 14.5 Å². The number of pyridine rings is 1. The number of nitrogens with zero attached hydrogens (tertiary/aromatic N) is 2. The highest BCUT2D eigenvalue weighted by Gasteiger charge is 2.38. The van der Waals surface area contributed by atoms with E-state index in [0.717, 1.165) is 6.07 Å². The van der Waals surface area contributed by atoms with E-state index in [4.69, 9.17) is 9.88 Å². The first kappa shape index (κ1) is 24.0. The van der Waals surface area contributed by atoms with E-state index in [0.29, 0.717) is 25.1 Å². The number of nitrogens with one attached hydrogen (secondary N) is 1. The summed E-state index contributed by atoms with van der Waals surface area (Å²) in [6.07, 6.45) is 1.75. The summed E-state index contributed by atoms with van der Waals surface area (Å²) < 4.78 is 56.4. The number of anilines is 1. The number of aromatic nitrogens is 1. The second kappa shape index (κ2) is 9.47. The number of hydrogen-bond acceptors (Lipinski definition) is 6. The molecule has 3 rings (SSSR count). The van der Waals surface area contributed by atoms with Gasteiger partial charge in [0.25, 0.3) is 10.0 Å². The summed E-state index contributed by atoms with van der Waals surface area (Å²) in [6.45, 7) is 5.06. The number of amides is 1. The van der Waals surface area contributed by atoms with Gasteiger partial charge in [-0.15, -0.1) is 0 Å². The first-order valence-electron chi connectivity index (χ1n) is 10.1. The molecule has 11 heteroatoms. The Morgan fingerprint density at radius 1 is 1.31 bits per heavy atom. The van der Waals surface area contributed by atoms with Gasteiger partial charge in [0.15, 0.2) is 16.6 Å². The van der Waals surface area contributed by atoms with Crippen molar-refractivity contribution in [2.45, 2.75) is 37.3 Å². The molecule has 1 aromatic heterocycles. The predicted octanol–water partition coefficient (Wildman–Crippen LogP) is 2.47. The third-order valence-electron chi connectivity index (χ3n) is 5.69. The zero-order valence-corrected chi connectivity index (χ0v) is 18.8. The first-order chi connectivity index (χ1) is 15.0. The molecule has 0 bridgehead atoms. The molecule has 32 heavy (non-hydrogen) atoms. The third kappa shape index (κ3) is 5.05. The second-order valence-corrected chi connectivity index (χ2v) is 9.50. The van der Waals surface area contributed by atoms with Crippen molar-refractivity contribution in [3.05, 3.63) is 47.7 Å². The lowest BCUT2D eigenvalue weighted by molar-refractivity contribution is -0.122. The highest BCUT2D eigenvalue weighted by molar-refractivity contribution is 7.89. The second-order valence-electron chi connectivity index (χ2n) is 7.99. The van der Waals surface area contributed by atoms with Crippen LogP contribution in [0.3, 0.4) is 0 Å². The van der Waals surface area contributed by atoms with Gasteiger partial charge in [0.2, 0.25) is 11.7 Å². The van der Waals surface area contributed by atoms with E-state index in [-0.39, 0.29) is 22.5 Å². The normalized spacial score (nSPS) is 19.7. The molecule has 1 unspecified atom stereocenters. The zero-order chi connectivity index (χ0) is 23.6. The molecule has 0 spiro atoms. The van der Waals surface area contributed by atoms with Crippen molar-refractivity contribution in [1.82, 2.24) is 9.88 Å². The van der Waals surface area contributed by atoms with Crippen molar-refractivity contribution in [2.75, 3.05) is 25.5 Å². The van der Waals surface area contributed by atoms with Crippen LogP contribution in [0.15, 0.2) is 35.5 Å². The maximum atomic E-state index is 14.4. The average Bonchev–Trinajstić information content (AvgIpc) is 2.74. The van der Waals surface area contributed by atoms with E-state index in [9.17, 15) is 22.0 Å². The van der Waals surface area contributed by atoms with Crippen molar-refractivity contribution in [3.8, 4) is 5.75 Å². The van der Waals surface area contributed by atoms with Gasteiger partial charge in [-0.3, -0.25) is 4.79 Å². The Bertz CT molecular complexity index is 1110. The van der Waals surface area contributed by atoms with Gasteiger partial charge in [-0.1, -0.05) is 6.07 Å². The van der Waals surface area contributed by atoms with Crippen LogP contribution in [0, 0.1) is 17.6 Å². The molecule has 1 saturated heterocycles. The van der Waals surface area contributed by atoms with Crippen LogP contribution in [-0.4, -0.2) is 50.5 Å². The Morgan fingerprint density at radius 3 is 2.66 bits per heavy atom. The quantitative estimate of drug-likeness (QED) is 0.673. The predicted molar refractivity (Wildman–Crippen MR) is 115 cm³/mol. The number of likely N-dealkylation sites (tertiary alicyclic amines) is 1. The largest absolute Gasteiger partial charge is 0.493 e. The number of primary sulfonamides is 1. The van der Waals surface area contributed by atoms with Gasteiger partial charge in [0.1, 0.15) is 0 Å². The van der Waals surface area contributed by atoms with Crippen molar-refractivity contribution in [2.24, 2.45) is 11.1 Å². The van der Waals surface area contributed by atoms with Gasteiger partial charge in [-0.05, 0) is 38.9 Å². The smallest absolute Gasteiger partial charge is 0.255 e. The van der Waals surface area contributed by atoms with E-state index in [1.807, 2.05) is 13.8 Å². The summed E-state index contributed by atoms with van der Waals surface area (Å²) in [7, 11) is -2.79. The minimum absolute atomic E-state index is 0.174.